The third-order valence-electron chi connectivity index (χ3n) is 5.51. The summed E-state index contributed by atoms with van der Waals surface area (Å²) < 4.78 is 5.89. The molecule has 0 saturated heterocycles. The van der Waals surface area contributed by atoms with Gasteiger partial charge in [0.05, 0.1) is 6.61 Å². The molecule has 0 aliphatic heterocycles. The molecular formula is C23H34N2OS. The van der Waals surface area contributed by atoms with Crippen LogP contribution in [0.5, 0.6) is 5.75 Å². The first-order valence-corrected chi connectivity index (χ1v) is 11.7. The van der Waals surface area contributed by atoms with Crippen molar-refractivity contribution >= 4 is 11.3 Å². The van der Waals surface area contributed by atoms with Gasteiger partial charge in [-0.05, 0) is 43.5 Å². The van der Waals surface area contributed by atoms with Gasteiger partial charge >= 0.3 is 0 Å². The average molecular weight is 387 g/mol. The topological polar surface area (TPSA) is 35.0 Å². The Morgan fingerprint density at radius 2 is 1.59 bits per heavy atom. The molecule has 4 heteroatoms. The van der Waals surface area contributed by atoms with Crippen LogP contribution in [0.4, 0.5) is 0 Å². The minimum atomic E-state index is 0.634. The van der Waals surface area contributed by atoms with Gasteiger partial charge < -0.3 is 4.74 Å². The molecule has 0 unspecified atom stereocenters. The molecule has 0 atom stereocenters. The number of unbranched alkanes of at least 4 members (excludes halogenated alkanes) is 6. The molecule has 3 nitrogen and oxygen atoms in total. The summed E-state index contributed by atoms with van der Waals surface area (Å²) in [5.41, 5.74) is 1.15. The van der Waals surface area contributed by atoms with Crippen LogP contribution in [0.25, 0.3) is 10.6 Å². The van der Waals surface area contributed by atoms with Crippen LogP contribution < -0.4 is 4.74 Å². The molecule has 1 aliphatic carbocycles. The normalized spacial score (nSPS) is 15.1. The summed E-state index contributed by atoms with van der Waals surface area (Å²) in [5.74, 6) is 1.59. The van der Waals surface area contributed by atoms with Gasteiger partial charge in [-0.15, -0.1) is 10.2 Å². The van der Waals surface area contributed by atoms with Crippen LogP contribution in [0.3, 0.4) is 0 Å². The summed E-state index contributed by atoms with van der Waals surface area (Å²) in [5, 5.41) is 11.2. The van der Waals surface area contributed by atoms with Crippen molar-refractivity contribution in [1.82, 2.24) is 10.2 Å². The van der Waals surface area contributed by atoms with E-state index in [0.717, 1.165) is 29.3 Å². The van der Waals surface area contributed by atoms with E-state index in [1.165, 1.54) is 75.6 Å². The SMILES string of the molecule is CCCCCCCCCOc1ccc(-c2nnc(C3CCCCC3)s2)cc1. The maximum atomic E-state index is 5.89. The first-order chi connectivity index (χ1) is 13.4. The molecule has 1 aliphatic rings. The van der Waals surface area contributed by atoms with Gasteiger partial charge in [-0.3, -0.25) is 0 Å². The maximum Gasteiger partial charge on any atom is 0.147 e. The first kappa shape index (κ1) is 20.3. The standard InChI is InChI=1S/C23H34N2OS/c1-2-3-4-5-6-7-11-18-26-21-16-14-20(15-17-21)23-25-24-22(27-23)19-12-9-8-10-13-19/h14-17,19H,2-13,18H2,1H3. The predicted octanol–water partition coefficient (Wildman–Crippen LogP) is 7.38. The van der Waals surface area contributed by atoms with E-state index in [-0.39, 0.29) is 0 Å². The van der Waals surface area contributed by atoms with E-state index in [1.807, 2.05) is 0 Å². The van der Waals surface area contributed by atoms with Gasteiger partial charge in [0.1, 0.15) is 15.8 Å². The lowest BCUT2D eigenvalue weighted by Crippen LogP contribution is -2.03. The van der Waals surface area contributed by atoms with Crippen LogP contribution in [0.15, 0.2) is 24.3 Å². The number of hydrogen-bond acceptors (Lipinski definition) is 4. The maximum absolute atomic E-state index is 5.89. The van der Waals surface area contributed by atoms with Gasteiger partial charge in [-0.2, -0.15) is 0 Å². The molecule has 0 amide bonds. The Balaban J connectivity index is 1.40. The van der Waals surface area contributed by atoms with E-state index in [1.54, 1.807) is 11.3 Å². The van der Waals surface area contributed by atoms with Crippen molar-refractivity contribution in [2.75, 3.05) is 6.61 Å². The Morgan fingerprint density at radius 3 is 2.33 bits per heavy atom. The van der Waals surface area contributed by atoms with Gasteiger partial charge in [0.2, 0.25) is 0 Å². The zero-order valence-electron chi connectivity index (χ0n) is 16.8. The quantitative estimate of drug-likeness (QED) is 0.378. The van der Waals surface area contributed by atoms with Gasteiger partial charge in [-0.1, -0.05) is 76.0 Å². The Labute approximate surface area is 168 Å². The molecule has 1 aromatic carbocycles. The third kappa shape index (κ3) is 6.60. The van der Waals surface area contributed by atoms with E-state index in [2.05, 4.69) is 41.4 Å². The lowest BCUT2D eigenvalue weighted by Gasteiger charge is -2.18. The van der Waals surface area contributed by atoms with E-state index in [0.29, 0.717) is 5.92 Å². The Bertz CT molecular complexity index is 647. The summed E-state index contributed by atoms with van der Waals surface area (Å²) in [7, 11) is 0. The van der Waals surface area contributed by atoms with Crippen LogP contribution in [0.2, 0.25) is 0 Å². The third-order valence-corrected chi connectivity index (χ3v) is 6.65. The van der Waals surface area contributed by atoms with Crippen LogP contribution in [0, 0.1) is 0 Å². The summed E-state index contributed by atoms with van der Waals surface area (Å²) in [6.07, 6.45) is 15.8. The minimum Gasteiger partial charge on any atom is -0.494 e. The van der Waals surface area contributed by atoms with E-state index in [4.69, 9.17) is 4.74 Å². The van der Waals surface area contributed by atoms with Crippen LogP contribution >= 0.6 is 11.3 Å². The highest BCUT2D eigenvalue weighted by atomic mass is 32.1. The van der Waals surface area contributed by atoms with Crippen molar-refractivity contribution in [3.63, 3.8) is 0 Å². The molecule has 0 N–H and O–H groups in total. The number of nitrogens with zero attached hydrogens (tertiary/aromatic N) is 2. The number of benzene rings is 1. The molecule has 0 spiro atoms. The molecule has 148 valence electrons. The molecule has 0 bridgehead atoms. The zero-order valence-corrected chi connectivity index (χ0v) is 17.6. The summed E-state index contributed by atoms with van der Waals surface area (Å²) in [4.78, 5) is 0. The molecule has 2 aromatic rings. The molecule has 1 aromatic heterocycles. The molecular weight excluding hydrogens is 352 g/mol. The largest absolute Gasteiger partial charge is 0.494 e. The van der Waals surface area contributed by atoms with Crippen LogP contribution in [-0.4, -0.2) is 16.8 Å². The van der Waals surface area contributed by atoms with Gasteiger partial charge in [0, 0.05) is 11.5 Å². The highest BCUT2D eigenvalue weighted by Crippen LogP contribution is 2.36. The molecule has 1 saturated carbocycles. The number of rotatable bonds is 11. The number of aromatic nitrogens is 2. The van der Waals surface area contributed by atoms with Crippen molar-refractivity contribution in [1.29, 1.82) is 0 Å². The molecule has 1 heterocycles. The first-order valence-electron chi connectivity index (χ1n) is 10.9. The highest BCUT2D eigenvalue weighted by molar-refractivity contribution is 7.14. The monoisotopic (exact) mass is 386 g/mol. The van der Waals surface area contributed by atoms with E-state index >= 15 is 0 Å². The number of hydrogen-bond donors (Lipinski definition) is 0. The molecule has 0 radical (unpaired) electrons. The van der Waals surface area contributed by atoms with Crippen molar-refractivity contribution in [2.24, 2.45) is 0 Å². The van der Waals surface area contributed by atoms with Gasteiger partial charge in [0.25, 0.3) is 0 Å². The fraction of sp³-hybridized carbons (Fsp3) is 0.652. The van der Waals surface area contributed by atoms with E-state index < -0.39 is 0 Å². The van der Waals surface area contributed by atoms with Crippen molar-refractivity contribution in [3.05, 3.63) is 29.3 Å². The lowest BCUT2D eigenvalue weighted by molar-refractivity contribution is 0.304. The zero-order chi connectivity index (χ0) is 18.7. The molecule has 27 heavy (non-hydrogen) atoms. The van der Waals surface area contributed by atoms with Crippen LogP contribution in [-0.2, 0) is 0 Å². The van der Waals surface area contributed by atoms with Crippen LogP contribution in [0.1, 0.15) is 94.9 Å². The second-order valence-corrected chi connectivity index (χ2v) is 8.78. The molecule has 1 fully saturated rings. The second-order valence-electron chi connectivity index (χ2n) is 7.77. The van der Waals surface area contributed by atoms with E-state index in [9.17, 15) is 0 Å². The second kappa shape index (κ2) is 11.4. The fourth-order valence-electron chi connectivity index (χ4n) is 3.81. The van der Waals surface area contributed by atoms with Crippen molar-refractivity contribution in [3.8, 4) is 16.3 Å². The Hall–Kier alpha value is -1.42. The van der Waals surface area contributed by atoms with Gasteiger partial charge in [-0.25, -0.2) is 0 Å². The number of ether oxygens (including phenoxy) is 1. The minimum absolute atomic E-state index is 0.634. The predicted molar refractivity (Wildman–Crippen MR) is 115 cm³/mol. The average Bonchev–Trinajstić information content (AvgIpc) is 3.21. The summed E-state index contributed by atoms with van der Waals surface area (Å²) in [6, 6.07) is 8.37. The highest BCUT2D eigenvalue weighted by Gasteiger charge is 2.20. The summed E-state index contributed by atoms with van der Waals surface area (Å²) >= 11 is 1.77. The van der Waals surface area contributed by atoms with Crippen molar-refractivity contribution in [2.45, 2.75) is 89.9 Å². The van der Waals surface area contributed by atoms with Crippen molar-refractivity contribution < 1.29 is 4.74 Å². The fourth-order valence-corrected chi connectivity index (χ4v) is 4.83. The summed E-state index contributed by atoms with van der Waals surface area (Å²) in [6.45, 7) is 3.08. The Kier molecular flexibility index (Phi) is 8.60. The molecule has 3 rings (SSSR count). The Morgan fingerprint density at radius 1 is 0.889 bits per heavy atom. The lowest BCUT2D eigenvalue weighted by atomic mass is 9.90. The smallest absolute Gasteiger partial charge is 0.147 e. The van der Waals surface area contributed by atoms with Gasteiger partial charge in [0.15, 0.2) is 0 Å².